The van der Waals surface area contributed by atoms with Crippen molar-refractivity contribution in [1.29, 1.82) is 0 Å². The minimum atomic E-state index is -4.26. The van der Waals surface area contributed by atoms with Crippen LogP contribution in [-0.4, -0.2) is 31.2 Å². The smallest absolute Gasteiger partial charge is 0.355 e. The van der Waals surface area contributed by atoms with Gasteiger partial charge in [-0.15, -0.1) is 0 Å². The predicted molar refractivity (Wildman–Crippen MR) is 58.5 cm³/mol. The first kappa shape index (κ1) is 14.3. The molecule has 0 spiro atoms. The third-order valence-electron chi connectivity index (χ3n) is 3.08. The largest absolute Gasteiger partial charge is 0.389 e. The van der Waals surface area contributed by atoms with E-state index in [-0.39, 0.29) is 6.04 Å². The average Bonchev–Trinajstić information content (AvgIpc) is 2.24. The van der Waals surface area contributed by atoms with Gasteiger partial charge in [-0.1, -0.05) is 6.92 Å². The van der Waals surface area contributed by atoms with Crippen LogP contribution in [0.1, 0.15) is 32.6 Å². The zero-order valence-corrected chi connectivity index (χ0v) is 9.94. The van der Waals surface area contributed by atoms with Crippen LogP contribution in [0.2, 0.25) is 0 Å². The number of carbonyl (C=O) groups excluding carboxylic acids is 1. The number of amides is 1. The normalized spacial score (nSPS) is 25.6. The van der Waals surface area contributed by atoms with E-state index in [1.54, 1.807) is 0 Å². The Hall–Kier alpha value is -0.780. The number of alkyl halides is 3. The number of hydrogen-bond acceptors (Lipinski definition) is 2. The average molecular weight is 252 g/mol. The highest BCUT2D eigenvalue weighted by molar-refractivity contribution is 5.75. The van der Waals surface area contributed by atoms with E-state index in [0.29, 0.717) is 12.5 Å². The van der Waals surface area contributed by atoms with Gasteiger partial charge in [-0.05, 0) is 25.3 Å². The highest BCUT2D eigenvalue weighted by Crippen LogP contribution is 2.21. The summed E-state index contributed by atoms with van der Waals surface area (Å²) in [5, 5.41) is 5.81. The van der Waals surface area contributed by atoms with Gasteiger partial charge in [0.15, 0.2) is 0 Å². The van der Waals surface area contributed by atoms with Gasteiger partial charge in [-0.2, -0.15) is 13.2 Å². The number of carbonyl (C=O) groups is 1. The first-order valence-corrected chi connectivity index (χ1v) is 5.95. The fraction of sp³-hybridized carbons (Fsp3) is 0.909. The molecule has 0 aliphatic carbocycles. The second-order valence-electron chi connectivity index (χ2n) is 4.60. The standard InChI is InChI=1S/C11H19F3N2O/c1-8-3-2-6-15-9(8)7-16-10(17)4-5-11(12,13)14/h8-9,15H,2-7H2,1H3,(H,16,17). The van der Waals surface area contributed by atoms with Gasteiger partial charge in [-0.25, -0.2) is 0 Å². The van der Waals surface area contributed by atoms with Crippen LogP contribution in [0.25, 0.3) is 0 Å². The summed E-state index contributed by atoms with van der Waals surface area (Å²) in [6.45, 7) is 3.41. The molecule has 100 valence electrons. The maximum Gasteiger partial charge on any atom is 0.389 e. The van der Waals surface area contributed by atoms with E-state index >= 15 is 0 Å². The van der Waals surface area contributed by atoms with Gasteiger partial charge in [0.1, 0.15) is 0 Å². The van der Waals surface area contributed by atoms with Crippen LogP contribution in [-0.2, 0) is 4.79 Å². The van der Waals surface area contributed by atoms with Crippen LogP contribution in [0, 0.1) is 5.92 Å². The van der Waals surface area contributed by atoms with Crippen molar-refractivity contribution < 1.29 is 18.0 Å². The lowest BCUT2D eigenvalue weighted by molar-refractivity contribution is -0.144. The molecule has 1 aliphatic rings. The van der Waals surface area contributed by atoms with Gasteiger partial charge < -0.3 is 10.6 Å². The van der Waals surface area contributed by atoms with Crippen LogP contribution in [0.3, 0.4) is 0 Å². The summed E-state index contributed by atoms with van der Waals surface area (Å²) >= 11 is 0. The van der Waals surface area contributed by atoms with Gasteiger partial charge in [0.2, 0.25) is 5.91 Å². The van der Waals surface area contributed by atoms with Gasteiger partial charge >= 0.3 is 6.18 Å². The molecular weight excluding hydrogens is 233 g/mol. The molecule has 1 heterocycles. The van der Waals surface area contributed by atoms with Crippen molar-refractivity contribution in [3.05, 3.63) is 0 Å². The van der Waals surface area contributed by atoms with Gasteiger partial charge in [0.05, 0.1) is 6.42 Å². The summed E-state index contributed by atoms with van der Waals surface area (Å²) in [5.74, 6) is -0.0754. The number of halogens is 3. The summed E-state index contributed by atoms with van der Waals surface area (Å²) < 4.78 is 35.6. The Morgan fingerprint density at radius 3 is 2.76 bits per heavy atom. The lowest BCUT2D eigenvalue weighted by atomic mass is 9.93. The molecule has 17 heavy (non-hydrogen) atoms. The summed E-state index contributed by atoms with van der Waals surface area (Å²) in [5.41, 5.74) is 0. The van der Waals surface area contributed by atoms with E-state index in [1.165, 1.54) is 0 Å². The molecule has 1 aliphatic heterocycles. The molecule has 1 amide bonds. The Kier molecular flexibility index (Phi) is 5.24. The van der Waals surface area contributed by atoms with E-state index in [0.717, 1.165) is 19.4 Å². The van der Waals surface area contributed by atoms with Crippen LogP contribution >= 0.6 is 0 Å². The van der Waals surface area contributed by atoms with Crippen molar-refractivity contribution in [3.8, 4) is 0 Å². The molecule has 2 unspecified atom stereocenters. The monoisotopic (exact) mass is 252 g/mol. The molecule has 6 heteroatoms. The molecule has 0 aromatic carbocycles. The maximum absolute atomic E-state index is 11.9. The van der Waals surface area contributed by atoms with Crippen LogP contribution in [0.5, 0.6) is 0 Å². The van der Waals surface area contributed by atoms with Crippen LogP contribution < -0.4 is 10.6 Å². The Bertz CT molecular complexity index is 256. The highest BCUT2D eigenvalue weighted by Gasteiger charge is 2.28. The Morgan fingerprint density at radius 2 is 2.18 bits per heavy atom. The second kappa shape index (κ2) is 6.23. The summed E-state index contributed by atoms with van der Waals surface area (Å²) in [7, 11) is 0. The summed E-state index contributed by atoms with van der Waals surface area (Å²) in [4.78, 5) is 11.2. The molecule has 0 saturated carbocycles. The van der Waals surface area contributed by atoms with Gasteiger partial charge in [0.25, 0.3) is 0 Å². The Balaban J connectivity index is 2.19. The number of piperidine rings is 1. The molecule has 3 nitrogen and oxygen atoms in total. The van der Waals surface area contributed by atoms with Crippen LogP contribution in [0.4, 0.5) is 13.2 Å². The van der Waals surface area contributed by atoms with Gasteiger partial charge in [0, 0.05) is 19.0 Å². The van der Waals surface area contributed by atoms with Crippen LogP contribution in [0.15, 0.2) is 0 Å². The van der Waals surface area contributed by atoms with Crippen molar-refractivity contribution in [1.82, 2.24) is 10.6 Å². The Labute approximate surface area is 99.1 Å². The zero-order valence-electron chi connectivity index (χ0n) is 9.94. The van der Waals surface area contributed by atoms with Crippen molar-refractivity contribution in [3.63, 3.8) is 0 Å². The lowest BCUT2D eigenvalue weighted by Crippen LogP contribution is -2.47. The van der Waals surface area contributed by atoms with E-state index in [2.05, 4.69) is 17.6 Å². The van der Waals surface area contributed by atoms with E-state index < -0.39 is 24.9 Å². The number of hydrogen-bond donors (Lipinski definition) is 2. The summed E-state index contributed by atoms with van der Waals surface area (Å²) in [6, 6.07) is 0.179. The molecule has 1 fully saturated rings. The maximum atomic E-state index is 11.9. The second-order valence-corrected chi connectivity index (χ2v) is 4.60. The van der Waals surface area contributed by atoms with E-state index in [9.17, 15) is 18.0 Å². The van der Waals surface area contributed by atoms with Gasteiger partial charge in [-0.3, -0.25) is 4.79 Å². The summed E-state index contributed by atoms with van der Waals surface area (Å²) in [6.07, 6.45) is -3.58. The fourth-order valence-corrected chi connectivity index (χ4v) is 1.95. The molecule has 0 bridgehead atoms. The number of rotatable bonds is 4. The molecule has 1 saturated heterocycles. The highest BCUT2D eigenvalue weighted by atomic mass is 19.4. The predicted octanol–water partition coefficient (Wildman–Crippen LogP) is 1.83. The molecule has 2 N–H and O–H groups in total. The molecule has 0 aromatic heterocycles. The molecule has 0 aromatic rings. The zero-order chi connectivity index (χ0) is 12.9. The fourth-order valence-electron chi connectivity index (χ4n) is 1.95. The van der Waals surface area contributed by atoms with Crippen molar-refractivity contribution >= 4 is 5.91 Å². The minimum absolute atomic E-state index is 0.179. The quantitative estimate of drug-likeness (QED) is 0.801. The molecular formula is C11H19F3N2O. The topological polar surface area (TPSA) is 41.1 Å². The molecule has 1 rings (SSSR count). The van der Waals surface area contributed by atoms with E-state index in [4.69, 9.17) is 0 Å². The lowest BCUT2D eigenvalue weighted by Gasteiger charge is -2.30. The number of nitrogens with one attached hydrogen (secondary N) is 2. The van der Waals surface area contributed by atoms with E-state index in [1.807, 2.05) is 0 Å². The first-order valence-electron chi connectivity index (χ1n) is 5.95. The SMILES string of the molecule is CC1CCCNC1CNC(=O)CCC(F)(F)F. The third kappa shape index (κ3) is 5.91. The van der Waals surface area contributed by atoms with Crippen molar-refractivity contribution in [2.45, 2.75) is 44.8 Å². The Morgan fingerprint density at radius 1 is 1.47 bits per heavy atom. The van der Waals surface area contributed by atoms with Crippen molar-refractivity contribution in [2.24, 2.45) is 5.92 Å². The minimum Gasteiger partial charge on any atom is -0.355 e. The first-order chi connectivity index (χ1) is 7.88. The van der Waals surface area contributed by atoms with Crippen molar-refractivity contribution in [2.75, 3.05) is 13.1 Å². The molecule has 0 radical (unpaired) electrons. The molecule has 2 atom stereocenters. The third-order valence-corrected chi connectivity index (χ3v) is 3.08.